The first-order chi connectivity index (χ1) is 22.3. The zero-order chi connectivity index (χ0) is 34.2. The fourth-order valence-corrected chi connectivity index (χ4v) is 6.96. The molecule has 1 aliphatic carbocycles. The fraction of sp³-hybridized carbons (Fsp3) is 0.464. The molecule has 4 rings (SSSR count). The van der Waals surface area contributed by atoms with Crippen LogP contribution in [-0.4, -0.2) is 123 Å². The summed E-state index contributed by atoms with van der Waals surface area (Å²) in [6.45, 7) is 1.78. The van der Waals surface area contributed by atoms with Gasteiger partial charge in [0.25, 0.3) is 20.2 Å². The second kappa shape index (κ2) is 15.6. The zero-order valence-corrected chi connectivity index (χ0v) is 26.8. The van der Waals surface area contributed by atoms with Crippen molar-refractivity contribution in [2.24, 2.45) is 5.11 Å². The van der Waals surface area contributed by atoms with Gasteiger partial charge in [-0.05, 0) is 40.8 Å². The van der Waals surface area contributed by atoms with Gasteiger partial charge in [0.15, 0.2) is 0 Å². The van der Waals surface area contributed by atoms with E-state index in [0.29, 0.717) is 32.6 Å². The molecule has 2 aromatic carbocycles. The molecule has 4 N–H and O–H groups in total. The Hall–Kier alpha value is -4.26. The summed E-state index contributed by atoms with van der Waals surface area (Å²) in [6, 6.07) is 11.2. The van der Waals surface area contributed by atoms with Crippen molar-refractivity contribution >= 4 is 38.1 Å². The van der Waals surface area contributed by atoms with Gasteiger partial charge >= 0.3 is 6.09 Å². The van der Waals surface area contributed by atoms with E-state index in [0.717, 1.165) is 22.3 Å². The molecule has 254 valence electrons. The Balaban J connectivity index is 1.41. The lowest BCUT2D eigenvalue weighted by atomic mass is 9.98. The van der Waals surface area contributed by atoms with Gasteiger partial charge in [-0.3, -0.25) is 23.6 Å². The Bertz CT molecular complexity index is 1700. The van der Waals surface area contributed by atoms with Gasteiger partial charge < -0.3 is 20.3 Å². The van der Waals surface area contributed by atoms with Gasteiger partial charge in [-0.1, -0.05) is 53.6 Å². The normalized spacial score (nSPS) is 16.3. The Labute approximate surface area is 271 Å². The van der Waals surface area contributed by atoms with Gasteiger partial charge in [0.05, 0.1) is 0 Å². The predicted molar refractivity (Wildman–Crippen MR) is 168 cm³/mol. The van der Waals surface area contributed by atoms with E-state index in [-0.39, 0.29) is 25.6 Å². The Morgan fingerprint density at radius 1 is 0.894 bits per heavy atom. The topological polar surface area (TPSA) is 248 Å². The van der Waals surface area contributed by atoms with E-state index in [1.165, 1.54) is 4.90 Å². The third-order valence-corrected chi connectivity index (χ3v) is 9.31. The molecule has 1 aliphatic heterocycles. The number of ether oxygens (including phenoxy) is 1. The molecule has 1 heterocycles. The van der Waals surface area contributed by atoms with E-state index < -0.39 is 61.7 Å². The molecule has 47 heavy (non-hydrogen) atoms. The summed E-state index contributed by atoms with van der Waals surface area (Å²) >= 11 is 0. The van der Waals surface area contributed by atoms with Crippen LogP contribution < -0.4 is 10.6 Å². The monoisotopic (exact) mass is 693 g/mol. The van der Waals surface area contributed by atoms with Crippen LogP contribution in [0.15, 0.2) is 53.6 Å². The number of piperazine rings is 1. The number of hydrogen-bond donors (Lipinski definition) is 4. The lowest BCUT2D eigenvalue weighted by Crippen LogP contribution is -2.60. The van der Waals surface area contributed by atoms with Crippen LogP contribution >= 0.6 is 0 Å². The number of carbonyl (C=O) groups is 3. The Morgan fingerprint density at radius 2 is 1.45 bits per heavy atom. The third-order valence-electron chi connectivity index (χ3n) is 7.80. The molecule has 0 radical (unpaired) electrons. The molecule has 2 atom stereocenters. The zero-order valence-electron chi connectivity index (χ0n) is 25.1. The molecule has 3 amide bonds. The van der Waals surface area contributed by atoms with Crippen molar-refractivity contribution < 1.29 is 45.1 Å². The highest BCUT2D eigenvalue weighted by atomic mass is 32.2. The number of azide groups is 1. The first-order valence-corrected chi connectivity index (χ1v) is 17.8. The van der Waals surface area contributed by atoms with Crippen LogP contribution in [0.2, 0.25) is 0 Å². The van der Waals surface area contributed by atoms with Crippen molar-refractivity contribution in [3.05, 3.63) is 70.1 Å². The maximum absolute atomic E-state index is 13.3. The molecule has 19 heteroatoms. The fourth-order valence-electron chi connectivity index (χ4n) is 5.66. The maximum atomic E-state index is 13.3. The van der Waals surface area contributed by atoms with Crippen molar-refractivity contribution in [1.82, 2.24) is 20.4 Å². The third kappa shape index (κ3) is 10.1. The molecule has 0 bridgehead atoms. The molecule has 2 aliphatic rings. The lowest BCUT2D eigenvalue weighted by Gasteiger charge is -2.36. The first-order valence-electron chi connectivity index (χ1n) is 14.6. The van der Waals surface area contributed by atoms with E-state index in [1.54, 1.807) is 0 Å². The second-order valence-electron chi connectivity index (χ2n) is 11.1. The summed E-state index contributed by atoms with van der Waals surface area (Å²) in [5.74, 6) is -5.07. The lowest BCUT2D eigenvalue weighted by molar-refractivity contribution is -0.137. The molecule has 0 aromatic heterocycles. The van der Waals surface area contributed by atoms with E-state index in [1.807, 2.05) is 53.4 Å². The van der Waals surface area contributed by atoms with Gasteiger partial charge in [0.2, 0.25) is 11.8 Å². The quantitative estimate of drug-likeness (QED) is 0.0714. The number of nitrogens with one attached hydrogen (secondary N) is 2. The number of fused-ring (bicyclic) bond motifs is 3. The molecular weight excluding hydrogens is 658 g/mol. The van der Waals surface area contributed by atoms with Gasteiger partial charge in [0.1, 0.15) is 30.2 Å². The minimum absolute atomic E-state index is 0.143. The van der Waals surface area contributed by atoms with Crippen molar-refractivity contribution in [3.8, 4) is 11.1 Å². The summed E-state index contributed by atoms with van der Waals surface area (Å²) in [4.78, 5) is 45.3. The summed E-state index contributed by atoms with van der Waals surface area (Å²) in [5.41, 5.74) is 12.1. The minimum Gasteiger partial charge on any atom is -0.449 e. The number of carbonyl (C=O) groups excluding carboxylic acids is 3. The Kier molecular flexibility index (Phi) is 11.8. The van der Waals surface area contributed by atoms with E-state index in [9.17, 15) is 40.3 Å². The number of hydrogen-bond acceptors (Lipinski definition) is 10. The summed E-state index contributed by atoms with van der Waals surface area (Å²) in [7, 11) is -9.70. The molecule has 0 spiro atoms. The second-order valence-corrected chi connectivity index (χ2v) is 14.1. The minimum atomic E-state index is -4.88. The van der Waals surface area contributed by atoms with Crippen LogP contribution in [0.5, 0.6) is 0 Å². The molecule has 0 saturated carbocycles. The SMILES string of the molecule is [N-]=[N+]=NCCCN1CCN(C(=O)[C@H](CS(=O)(=O)O)NC(=O)[C@H](CS(=O)(=O)O)NC(=O)OCC2c3ccccc3-c3ccccc32)CC1. The first kappa shape index (κ1) is 35.6. The van der Waals surface area contributed by atoms with Gasteiger partial charge in [-0.25, -0.2) is 4.79 Å². The number of alkyl carbamates (subject to hydrolysis) is 1. The highest BCUT2D eigenvalue weighted by Crippen LogP contribution is 2.44. The summed E-state index contributed by atoms with van der Waals surface area (Å²) in [5, 5.41) is 7.65. The standard InChI is InChI=1S/C28H35N7O10S2/c29-33-30-10-5-11-34-12-14-35(15-13-34)27(37)25(18-47(42,43)44)31-26(36)24(17-46(39,40)41)32-28(38)45-16-23-21-8-3-1-6-19(21)20-7-2-4-9-22(20)23/h1-4,6-9,23-25H,5,10-18H2,(H,31,36)(H,32,38)(H,39,40,41)(H,42,43,44)/t24-,25-/m0/s1. The largest absolute Gasteiger partial charge is 0.449 e. The predicted octanol–water partition coefficient (Wildman–Crippen LogP) is 0.999. The van der Waals surface area contributed by atoms with Gasteiger partial charge in [-0.15, -0.1) is 0 Å². The molecule has 17 nitrogen and oxygen atoms in total. The van der Waals surface area contributed by atoms with E-state index in [4.69, 9.17) is 10.3 Å². The van der Waals surface area contributed by atoms with Crippen LogP contribution in [0.4, 0.5) is 4.79 Å². The van der Waals surface area contributed by atoms with Crippen molar-refractivity contribution in [2.45, 2.75) is 24.4 Å². The van der Waals surface area contributed by atoms with Crippen molar-refractivity contribution in [1.29, 1.82) is 0 Å². The molecule has 2 aromatic rings. The Morgan fingerprint density at radius 3 is 2.00 bits per heavy atom. The molecule has 1 saturated heterocycles. The van der Waals surface area contributed by atoms with Crippen LogP contribution in [0.3, 0.4) is 0 Å². The maximum Gasteiger partial charge on any atom is 0.407 e. The smallest absolute Gasteiger partial charge is 0.407 e. The average Bonchev–Trinajstić information content (AvgIpc) is 3.33. The number of rotatable bonds is 14. The van der Waals surface area contributed by atoms with Crippen LogP contribution in [-0.2, 0) is 34.6 Å². The summed E-state index contributed by atoms with van der Waals surface area (Å²) < 4.78 is 71.4. The van der Waals surface area contributed by atoms with Crippen LogP contribution in [0.1, 0.15) is 23.5 Å². The molecular formula is C28H35N7O10S2. The van der Waals surface area contributed by atoms with Gasteiger partial charge in [-0.2, -0.15) is 16.8 Å². The van der Waals surface area contributed by atoms with Crippen molar-refractivity contribution in [2.75, 3.05) is 57.4 Å². The average molecular weight is 694 g/mol. The van der Waals surface area contributed by atoms with Crippen LogP contribution in [0.25, 0.3) is 21.6 Å². The van der Waals surface area contributed by atoms with Gasteiger partial charge in [0, 0.05) is 43.6 Å². The van der Waals surface area contributed by atoms with Crippen molar-refractivity contribution in [3.63, 3.8) is 0 Å². The highest BCUT2D eigenvalue weighted by molar-refractivity contribution is 7.86. The highest BCUT2D eigenvalue weighted by Gasteiger charge is 2.36. The number of nitrogens with zero attached hydrogens (tertiary/aromatic N) is 5. The molecule has 1 fully saturated rings. The molecule has 0 unspecified atom stereocenters. The van der Waals surface area contributed by atoms with Crippen LogP contribution in [0, 0.1) is 0 Å². The van der Waals surface area contributed by atoms with E-state index >= 15 is 0 Å². The van der Waals surface area contributed by atoms with E-state index in [2.05, 4.69) is 20.7 Å². The number of amides is 3. The number of benzene rings is 2. The summed E-state index contributed by atoms with van der Waals surface area (Å²) in [6.07, 6.45) is -0.615.